The third-order valence-corrected chi connectivity index (χ3v) is 2.81. The Kier molecular flexibility index (Phi) is 2.80. The van der Waals surface area contributed by atoms with Crippen LogP contribution < -0.4 is 0 Å². The van der Waals surface area contributed by atoms with E-state index in [0.717, 1.165) is 11.5 Å². The molecule has 15 heavy (non-hydrogen) atoms. The number of hydrogen-bond donors (Lipinski definition) is 0. The predicted molar refractivity (Wildman–Crippen MR) is 65.6 cm³/mol. The van der Waals surface area contributed by atoms with E-state index < -0.39 is 0 Å². The first-order valence-electron chi connectivity index (χ1n) is 5.66. The van der Waals surface area contributed by atoms with Crippen molar-refractivity contribution >= 4 is 0 Å². The second kappa shape index (κ2) is 3.40. The van der Waals surface area contributed by atoms with Crippen LogP contribution in [0.15, 0.2) is 4.42 Å². The molecule has 0 atom stereocenters. The molecule has 0 saturated carbocycles. The lowest BCUT2D eigenvalue weighted by molar-refractivity contribution is 0.341. The summed E-state index contributed by atoms with van der Waals surface area (Å²) in [4.78, 5) is 0. The minimum atomic E-state index is 0.0956. The topological polar surface area (TPSA) is 13.1 Å². The van der Waals surface area contributed by atoms with Crippen LogP contribution >= 0.6 is 0 Å². The fourth-order valence-electron chi connectivity index (χ4n) is 2.03. The van der Waals surface area contributed by atoms with E-state index in [-0.39, 0.29) is 10.8 Å². The third-order valence-electron chi connectivity index (χ3n) is 2.81. The maximum absolute atomic E-state index is 6.07. The van der Waals surface area contributed by atoms with Crippen LogP contribution in [0.3, 0.4) is 0 Å². The van der Waals surface area contributed by atoms with Gasteiger partial charge in [-0.05, 0) is 25.0 Å². The maximum atomic E-state index is 6.07. The van der Waals surface area contributed by atoms with E-state index in [1.54, 1.807) is 0 Å². The lowest BCUT2D eigenvalue weighted by Crippen LogP contribution is -2.12. The Hall–Kier alpha value is -0.720. The zero-order valence-electron chi connectivity index (χ0n) is 11.4. The minimum absolute atomic E-state index is 0.0956. The van der Waals surface area contributed by atoms with Gasteiger partial charge in [0, 0.05) is 10.8 Å². The van der Waals surface area contributed by atoms with Crippen LogP contribution in [0.25, 0.3) is 0 Å². The van der Waals surface area contributed by atoms with E-state index in [4.69, 9.17) is 4.42 Å². The Balaban J connectivity index is 3.38. The molecule has 1 heteroatoms. The lowest BCUT2D eigenvalue weighted by Gasteiger charge is -2.18. The van der Waals surface area contributed by atoms with Crippen molar-refractivity contribution in [2.45, 2.75) is 66.2 Å². The van der Waals surface area contributed by atoms with Crippen LogP contribution in [-0.2, 0) is 10.8 Å². The van der Waals surface area contributed by atoms with Crippen LogP contribution in [-0.4, -0.2) is 0 Å². The van der Waals surface area contributed by atoms with Gasteiger partial charge in [-0.15, -0.1) is 0 Å². The molecule has 0 aliphatic heterocycles. The Morgan fingerprint density at radius 1 is 0.667 bits per heavy atom. The average molecular weight is 208 g/mol. The molecule has 0 saturated heterocycles. The van der Waals surface area contributed by atoms with Crippen molar-refractivity contribution in [2.24, 2.45) is 0 Å². The number of furan rings is 1. The quantitative estimate of drug-likeness (QED) is 0.612. The largest absolute Gasteiger partial charge is 0.464 e. The van der Waals surface area contributed by atoms with Gasteiger partial charge in [-0.25, -0.2) is 0 Å². The summed E-state index contributed by atoms with van der Waals surface area (Å²) in [7, 11) is 0. The van der Waals surface area contributed by atoms with Crippen molar-refractivity contribution in [2.75, 3.05) is 0 Å². The zero-order valence-corrected chi connectivity index (χ0v) is 11.4. The fraction of sp³-hybridized carbons (Fsp3) is 0.714. The lowest BCUT2D eigenvalue weighted by atomic mass is 9.87. The van der Waals surface area contributed by atoms with Gasteiger partial charge in [0.15, 0.2) is 0 Å². The minimum Gasteiger partial charge on any atom is -0.464 e. The van der Waals surface area contributed by atoms with Crippen molar-refractivity contribution in [3.8, 4) is 0 Å². The molecule has 0 aromatic carbocycles. The highest BCUT2D eigenvalue weighted by molar-refractivity contribution is 5.37. The van der Waals surface area contributed by atoms with Gasteiger partial charge in [-0.1, -0.05) is 41.5 Å². The Bertz CT molecular complexity index is 321. The smallest absolute Gasteiger partial charge is 0.112 e. The zero-order chi connectivity index (χ0) is 12.0. The van der Waals surface area contributed by atoms with Gasteiger partial charge < -0.3 is 4.42 Å². The summed E-state index contributed by atoms with van der Waals surface area (Å²) in [5.74, 6) is 2.26. The summed E-state index contributed by atoms with van der Waals surface area (Å²) in [6, 6.07) is 0. The van der Waals surface area contributed by atoms with Crippen LogP contribution in [0.4, 0.5) is 0 Å². The molecule has 1 heterocycles. The molecule has 0 aliphatic rings. The van der Waals surface area contributed by atoms with Gasteiger partial charge in [0.2, 0.25) is 0 Å². The summed E-state index contributed by atoms with van der Waals surface area (Å²) in [5, 5.41) is 0. The molecule has 1 aromatic heterocycles. The molecule has 0 radical (unpaired) electrons. The SMILES string of the molecule is Cc1c(C(C)(C)C)oc(C(C)(C)C)c1C. The molecule has 0 N–H and O–H groups in total. The second-order valence-corrected chi connectivity index (χ2v) is 6.51. The molecule has 1 aromatic rings. The van der Waals surface area contributed by atoms with Gasteiger partial charge in [0.1, 0.15) is 11.5 Å². The highest BCUT2D eigenvalue weighted by Crippen LogP contribution is 2.36. The van der Waals surface area contributed by atoms with E-state index in [9.17, 15) is 0 Å². The second-order valence-electron chi connectivity index (χ2n) is 6.51. The highest BCUT2D eigenvalue weighted by Gasteiger charge is 2.29. The molecule has 0 unspecified atom stereocenters. The summed E-state index contributed by atoms with van der Waals surface area (Å²) < 4.78 is 6.07. The third kappa shape index (κ3) is 2.27. The van der Waals surface area contributed by atoms with Crippen molar-refractivity contribution in [1.82, 2.24) is 0 Å². The molecule has 86 valence electrons. The number of hydrogen-bond acceptors (Lipinski definition) is 1. The Labute approximate surface area is 93.9 Å². The van der Waals surface area contributed by atoms with Gasteiger partial charge in [0.25, 0.3) is 0 Å². The van der Waals surface area contributed by atoms with E-state index >= 15 is 0 Å². The maximum Gasteiger partial charge on any atom is 0.112 e. The van der Waals surface area contributed by atoms with Crippen molar-refractivity contribution < 1.29 is 4.42 Å². The Morgan fingerprint density at radius 2 is 0.933 bits per heavy atom. The van der Waals surface area contributed by atoms with Crippen molar-refractivity contribution in [1.29, 1.82) is 0 Å². The van der Waals surface area contributed by atoms with Crippen LogP contribution in [0.2, 0.25) is 0 Å². The number of rotatable bonds is 0. The molecule has 0 bridgehead atoms. The van der Waals surface area contributed by atoms with Crippen LogP contribution in [0, 0.1) is 13.8 Å². The molecule has 0 fully saturated rings. The summed E-state index contributed by atoms with van der Waals surface area (Å²) >= 11 is 0. The molecular formula is C14H24O. The van der Waals surface area contributed by atoms with Crippen molar-refractivity contribution in [3.05, 3.63) is 22.6 Å². The standard InChI is InChI=1S/C14H24O/c1-9-10(2)12(14(6,7)8)15-11(9)13(3,4)5/h1-8H3. The van der Waals surface area contributed by atoms with E-state index in [2.05, 4.69) is 55.4 Å². The average Bonchev–Trinajstić information content (AvgIpc) is 2.26. The van der Waals surface area contributed by atoms with E-state index in [1.165, 1.54) is 11.1 Å². The monoisotopic (exact) mass is 208 g/mol. The first-order chi connectivity index (χ1) is 6.55. The normalized spacial score (nSPS) is 13.3. The Morgan fingerprint density at radius 3 is 1.07 bits per heavy atom. The first kappa shape index (κ1) is 12.4. The van der Waals surface area contributed by atoms with Gasteiger partial charge in [-0.2, -0.15) is 0 Å². The van der Waals surface area contributed by atoms with Gasteiger partial charge in [-0.3, -0.25) is 0 Å². The molecule has 0 amide bonds. The predicted octanol–water partition coefficient (Wildman–Crippen LogP) is 4.49. The molecule has 0 aliphatic carbocycles. The summed E-state index contributed by atoms with van der Waals surface area (Å²) in [5.41, 5.74) is 2.82. The summed E-state index contributed by atoms with van der Waals surface area (Å²) in [6.07, 6.45) is 0. The molecule has 0 spiro atoms. The van der Waals surface area contributed by atoms with E-state index in [0.29, 0.717) is 0 Å². The fourth-order valence-corrected chi connectivity index (χ4v) is 2.03. The van der Waals surface area contributed by atoms with Gasteiger partial charge in [0.05, 0.1) is 0 Å². The highest BCUT2D eigenvalue weighted by atomic mass is 16.3. The van der Waals surface area contributed by atoms with Gasteiger partial charge >= 0.3 is 0 Å². The molecular weight excluding hydrogens is 184 g/mol. The molecule has 1 nitrogen and oxygen atoms in total. The van der Waals surface area contributed by atoms with Crippen molar-refractivity contribution in [3.63, 3.8) is 0 Å². The molecule has 1 rings (SSSR count). The van der Waals surface area contributed by atoms with Crippen LogP contribution in [0.5, 0.6) is 0 Å². The van der Waals surface area contributed by atoms with E-state index in [1.807, 2.05) is 0 Å². The first-order valence-corrected chi connectivity index (χ1v) is 5.66. The summed E-state index contributed by atoms with van der Waals surface area (Å²) in [6.45, 7) is 17.5. The van der Waals surface area contributed by atoms with Crippen LogP contribution in [0.1, 0.15) is 64.2 Å².